The van der Waals surface area contributed by atoms with Gasteiger partial charge in [-0.05, 0) is 13.8 Å². The minimum Gasteiger partial charge on any atom is -0.371 e. The Kier molecular flexibility index (Phi) is 3.26. The first-order valence-corrected chi connectivity index (χ1v) is 6.36. The van der Waals surface area contributed by atoms with Crippen molar-refractivity contribution >= 4 is 0 Å². The predicted octanol–water partition coefficient (Wildman–Crippen LogP) is 0.570. The van der Waals surface area contributed by atoms with Crippen molar-refractivity contribution < 1.29 is 9.26 Å². The molecule has 8 heteroatoms. The molecule has 3 heterocycles. The van der Waals surface area contributed by atoms with Crippen LogP contribution in [-0.2, 0) is 4.74 Å². The maximum absolute atomic E-state index is 5.41. The van der Waals surface area contributed by atoms with E-state index < -0.39 is 0 Å². The van der Waals surface area contributed by atoms with Gasteiger partial charge in [-0.2, -0.15) is 4.98 Å². The average Bonchev–Trinajstić information content (AvgIpc) is 2.94. The summed E-state index contributed by atoms with van der Waals surface area (Å²) >= 11 is 0. The largest absolute Gasteiger partial charge is 0.371 e. The Morgan fingerprint density at radius 1 is 1.58 bits per heavy atom. The van der Waals surface area contributed by atoms with Gasteiger partial charge >= 0.3 is 0 Å². The number of nitrogens with one attached hydrogen (secondary N) is 1. The number of hydrogen-bond acceptors (Lipinski definition) is 7. The standard InChI is InChI=1S/C11H16N6O2/c1-3-18-7(2)10-13-11(19-15-10)9-6-17(16-14-9)8-4-12-5-8/h6-8,12H,3-5H2,1-2H3. The zero-order valence-corrected chi connectivity index (χ0v) is 10.9. The Hall–Kier alpha value is -1.80. The van der Waals surface area contributed by atoms with Crippen LogP contribution in [0.25, 0.3) is 11.6 Å². The normalized spacial score (nSPS) is 17.4. The third-order valence-electron chi connectivity index (χ3n) is 3.09. The Balaban J connectivity index is 1.76. The minimum absolute atomic E-state index is 0.187. The van der Waals surface area contributed by atoms with E-state index in [9.17, 15) is 0 Å². The van der Waals surface area contributed by atoms with E-state index in [0.717, 1.165) is 13.1 Å². The molecule has 0 amide bonds. The molecule has 1 fully saturated rings. The van der Waals surface area contributed by atoms with Crippen LogP contribution in [0.4, 0.5) is 0 Å². The van der Waals surface area contributed by atoms with Gasteiger partial charge in [-0.15, -0.1) is 5.10 Å². The van der Waals surface area contributed by atoms with Crippen LogP contribution in [0.15, 0.2) is 10.7 Å². The zero-order chi connectivity index (χ0) is 13.2. The number of ether oxygens (including phenoxy) is 1. The van der Waals surface area contributed by atoms with Crippen LogP contribution in [0.3, 0.4) is 0 Å². The van der Waals surface area contributed by atoms with E-state index in [4.69, 9.17) is 9.26 Å². The summed E-state index contributed by atoms with van der Waals surface area (Å²) in [5, 5.41) is 15.2. The molecule has 0 spiro atoms. The van der Waals surface area contributed by atoms with E-state index in [2.05, 4.69) is 25.8 Å². The Bertz CT molecular complexity index is 547. The van der Waals surface area contributed by atoms with Crippen molar-refractivity contribution in [2.75, 3.05) is 19.7 Å². The molecule has 3 rings (SSSR count). The van der Waals surface area contributed by atoms with Crippen LogP contribution in [0, 0.1) is 0 Å². The summed E-state index contributed by atoms with van der Waals surface area (Å²) in [6.07, 6.45) is 1.64. The molecule has 0 saturated carbocycles. The van der Waals surface area contributed by atoms with Gasteiger partial charge in [0, 0.05) is 19.7 Å². The summed E-state index contributed by atoms with van der Waals surface area (Å²) in [4.78, 5) is 4.28. The van der Waals surface area contributed by atoms with Gasteiger partial charge in [-0.1, -0.05) is 10.4 Å². The third kappa shape index (κ3) is 2.36. The van der Waals surface area contributed by atoms with E-state index in [1.807, 2.05) is 24.7 Å². The molecule has 0 aromatic carbocycles. The Labute approximate surface area is 110 Å². The van der Waals surface area contributed by atoms with E-state index in [1.54, 1.807) is 0 Å². The molecule has 102 valence electrons. The van der Waals surface area contributed by atoms with E-state index in [1.165, 1.54) is 0 Å². The maximum Gasteiger partial charge on any atom is 0.280 e. The first-order valence-electron chi connectivity index (χ1n) is 6.36. The number of aromatic nitrogens is 5. The molecular weight excluding hydrogens is 248 g/mol. The lowest BCUT2D eigenvalue weighted by Gasteiger charge is -2.26. The number of rotatable bonds is 5. The highest BCUT2D eigenvalue weighted by Crippen LogP contribution is 2.20. The molecule has 1 saturated heterocycles. The predicted molar refractivity (Wildman–Crippen MR) is 65.3 cm³/mol. The highest BCUT2D eigenvalue weighted by atomic mass is 16.5. The molecule has 2 aromatic heterocycles. The van der Waals surface area contributed by atoms with Crippen LogP contribution >= 0.6 is 0 Å². The summed E-state index contributed by atoms with van der Waals surface area (Å²) in [6.45, 7) is 6.25. The lowest BCUT2D eigenvalue weighted by Crippen LogP contribution is -2.43. The van der Waals surface area contributed by atoms with Gasteiger partial charge in [0.1, 0.15) is 6.10 Å². The fraction of sp³-hybridized carbons (Fsp3) is 0.636. The molecule has 1 unspecified atom stereocenters. The maximum atomic E-state index is 5.41. The molecule has 1 atom stereocenters. The van der Waals surface area contributed by atoms with Crippen molar-refractivity contribution in [3.8, 4) is 11.6 Å². The topological polar surface area (TPSA) is 90.9 Å². The Morgan fingerprint density at radius 2 is 2.42 bits per heavy atom. The van der Waals surface area contributed by atoms with Gasteiger partial charge in [0.2, 0.25) is 5.82 Å². The van der Waals surface area contributed by atoms with Gasteiger partial charge in [0.25, 0.3) is 5.89 Å². The summed E-state index contributed by atoms with van der Waals surface area (Å²) in [7, 11) is 0. The molecule has 1 N–H and O–H groups in total. The van der Waals surface area contributed by atoms with Gasteiger partial charge in [-0.25, -0.2) is 4.68 Å². The molecule has 19 heavy (non-hydrogen) atoms. The first kappa shape index (κ1) is 12.2. The highest BCUT2D eigenvalue weighted by Gasteiger charge is 2.22. The minimum atomic E-state index is -0.187. The first-order chi connectivity index (χ1) is 9.28. The number of nitrogens with zero attached hydrogens (tertiary/aromatic N) is 5. The lowest BCUT2D eigenvalue weighted by atomic mass is 10.2. The quantitative estimate of drug-likeness (QED) is 0.844. The van der Waals surface area contributed by atoms with Crippen LogP contribution in [0.5, 0.6) is 0 Å². The second-order valence-electron chi connectivity index (χ2n) is 4.45. The second kappa shape index (κ2) is 5.06. The van der Waals surface area contributed by atoms with Crippen molar-refractivity contribution in [1.82, 2.24) is 30.5 Å². The third-order valence-corrected chi connectivity index (χ3v) is 3.09. The zero-order valence-electron chi connectivity index (χ0n) is 10.9. The molecule has 2 aromatic rings. The van der Waals surface area contributed by atoms with Gasteiger partial charge in [-0.3, -0.25) is 0 Å². The summed E-state index contributed by atoms with van der Waals surface area (Å²) in [5.74, 6) is 0.900. The molecule has 0 radical (unpaired) electrons. The van der Waals surface area contributed by atoms with E-state index >= 15 is 0 Å². The smallest absolute Gasteiger partial charge is 0.280 e. The summed E-state index contributed by atoms with van der Waals surface area (Å²) < 4.78 is 12.4. The summed E-state index contributed by atoms with van der Waals surface area (Å²) in [5.41, 5.74) is 0.592. The molecule has 1 aliphatic heterocycles. The Morgan fingerprint density at radius 3 is 3.11 bits per heavy atom. The SMILES string of the molecule is CCOC(C)c1noc(-c2cn(C3CNC3)nn2)n1. The van der Waals surface area contributed by atoms with Gasteiger partial charge in [0.05, 0.1) is 12.2 Å². The molecular formula is C11H16N6O2. The van der Waals surface area contributed by atoms with Crippen LogP contribution in [0.1, 0.15) is 31.8 Å². The number of hydrogen-bond donors (Lipinski definition) is 1. The van der Waals surface area contributed by atoms with Gasteiger partial charge < -0.3 is 14.6 Å². The van der Waals surface area contributed by atoms with Crippen LogP contribution in [0.2, 0.25) is 0 Å². The highest BCUT2D eigenvalue weighted by molar-refractivity contribution is 5.43. The van der Waals surface area contributed by atoms with Crippen molar-refractivity contribution in [3.63, 3.8) is 0 Å². The van der Waals surface area contributed by atoms with Crippen molar-refractivity contribution in [1.29, 1.82) is 0 Å². The molecule has 1 aliphatic rings. The molecule has 0 aliphatic carbocycles. The van der Waals surface area contributed by atoms with E-state index in [0.29, 0.717) is 30.1 Å². The van der Waals surface area contributed by atoms with Crippen LogP contribution in [-0.4, -0.2) is 44.8 Å². The average molecular weight is 264 g/mol. The lowest BCUT2D eigenvalue weighted by molar-refractivity contribution is 0.0683. The molecule has 8 nitrogen and oxygen atoms in total. The van der Waals surface area contributed by atoms with Gasteiger partial charge in [0.15, 0.2) is 5.69 Å². The van der Waals surface area contributed by atoms with Crippen molar-refractivity contribution in [2.45, 2.75) is 26.0 Å². The fourth-order valence-corrected chi connectivity index (χ4v) is 1.84. The van der Waals surface area contributed by atoms with Crippen molar-refractivity contribution in [3.05, 3.63) is 12.0 Å². The van der Waals surface area contributed by atoms with Crippen LogP contribution < -0.4 is 5.32 Å². The monoisotopic (exact) mass is 264 g/mol. The molecule has 0 bridgehead atoms. The summed E-state index contributed by atoms with van der Waals surface area (Å²) in [6, 6.07) is 0.367. The van der Waals surface area contributed by atoms with E-state index in [-0.39, 0.29) is 6.10 Å². The fourth-order valence-electron chi connectivity index (χ4n) is 1.84. The van der Waals surface area contributed by atoms with Crippen molar-refractivity contribution in [2.24, 2.45) is 0 Å². The second-order valence-corrected chi connectivity index (χ2v) is 4.45.